The summed E-state index contributed by atoms with van der Waals surface area (Å²) in [6, 6.07) is 0. The summed E-state index contributed by atoms with van der Waals surface area (Å²) in [6.45, 7) is 3.22. The number of nitrogens with two attached hydrogens (primary N) is 1. The van der Waals surface area contributed by atoms with Gasteiger partial charge >= 0.3 is 0 Å². The largest absolute Gasteiger partial charge is 0.400 e. The summed E-state index contributed by atoms with van der Waals surface area (Å²) < 4.78 is 0. The molecule has 10 heavy (non-hydrogen) atoms. The Labute approximate surface area is 61.5 Å². The molecule has 0 bridgehead atoms. The number of allylic oxidation sites excluding steroid dienone is 2. The van der Waals surface area contributed by atoms with Crippen LogP contribution in [0.25, 0.3) is 0 Å². The van der Waals surface area contributed by atoms with E-state index in [0.717, 1.165) is 0 Å². The van der Waals surface area contributed by atoms with Crippen LogP contribution in [0.4, 0.5) is 0 Å². The van der Waals surface area contributed by atoms with Gasteiger partial charge in [0.05, 0.1) is 5.70 Å². The number of likely N-dealkylation sites (N-methyl/N-ethyl adjacent to an activating group) is 1. The highest BCUT2D eigenvalue weighted by atomic mass is 16.1. The summed E-state index contributed by atoms with van der Waals surface area (Å²) in [5, 5.41) is 0. The fourth-order valence-electron chi connectivity index (χ4n) is 0.945. The Balaban J connectivity index is 4.61. The van der Waals surface area contributed by atoms with Crippen molar-refractivity contribution in [2.45, 2.75) is 13.8 Å². The fraction of sp³-hybridized carbons (Fsp3) is 0.571. The van der Waals surface area contributed by atoms with Crippen LogP contribution in [0.1, 0.15) is 13.8 Å². The van der Waals surface area contributed by atoms with E-state index >= 15 is 0 Å². The monoisotopic (exact) mass is 142 g/mol. The quantitative estimate of drug-likeness (QED) is 0.565. The van der Waals surface area contributed by atoms with Crippen molar-refractivity contribution in [3.8, 4) is 0 Å². The van der Waals surface area contributed by atoms with Gasteiger partial charge in [-0.1, -0.05) is 0 Å². The third-order valence-electron chi connectivity index (χ3n) is 1.15. The molecule has 0 aromatic carbocycles. The highest BCUT2D eigenvalue weighted by Crippen LogP contribution is 2.02. The van der Waals surface area contributed by atoms with Crippen LogP contribution < -0.4 is 5.73 Å². The molecule has 0 aromatic heterocycles. The first-order valence-electron chi connectivity index (χ1n) is 3.11. The number of carbonyl (C=O) groups is 1. The van der Waals surface area contributed by atoms with E-state index < -0.39 is 0 Å². The number of hydrogen-bond donors (Lipinski definition) is 1. The van der Waals surface area contributed by atoms with Crippen LogP contribution in [0.2, 0.25) is 0 Å². The summed E-state index contributed by atoms with van der Waals surface area (Å²) >= 11 is 0. The van der Waals surface area contributed by atoms with E-state index in [1.807, 2.05) is 0 Å². The smallest absolute Gasteiger partial charge is 0.177 e. The number of rotatable bonds is 2. The van der Waals surface area contributed by atoms with Gasteiger partial charge in [-0.25, -0.2) is 0 Å². The third-order valence-corrected chi connectivity index (χ3v) is 1.15. The highest BCUT2D eigenvalue weighted by Gasteiger charge is 2.07. The maximum Gasteiger partial charge on any atom is 0.177 e. The number of ketones is 1. The van der Waals surface area contributed by atoms with Gasteiger partial charge in [0.15, 0.2) is 5.78 Å². The lowest BCUT2D eigenvalue weighted by molar-refractivity contribution is -0.114. The molecule has 0 spiro atoms. The van der Waals surface area contributed by atoms with Crippen LogP contribution in [0.5, 0.6) is 0 Å². The molecule has 0 aliphatic rings. The van der Waals surface area contributed by atoms with Crippen molar-refractivity contribution in [3.05, 3.63) is 11.4 Å². The standard InChI is InChI=1S/C7H14N2O/c1-5(8)7(6(2)10)9(3)4/h8H2,1-4H3/b7-5+. The Hall–Kier alpha value is -0.990. The Morgan fingerprint density at radius 2 is 1.70 bits per heavy atom. The molecular weight excluding hydrogens is 128 g/mol. The maximum absolute atomic E-state index is 10.8. The first-order chi connectivity index (χ1) is 4.46. The van der Waals surface area contributed by atoms with Crippen LogP contribution in [0, 0.1) is 0 Å². The van der Waals surface area contributed by atoms with Crippen molar-refractivity contribution < 1.29 is 4.79 Å². The molecule has 0 aromatic rings. The van der Waals surface area contributed by atoms with Crippen molar-refractivity contribution >= 4 is 5.78 Å². The van der Waals surface area contributed by atoms with E-state index in [1.54, 1.807) is 25.9 Å². The van der Waals surface area contributed by atoms with Crippen LogP contribution in [-0.2, 0) is 4.79 Å². The van der Waals surface area contributed by atoms with E-state index in [1.165, 1.54) is 6.92 Å². The van der Waals surface area contributed by atoms with E-state index in [0.29, 0.717) is 11.4 Å². The molecule has 58 valence electrons. The van der Waals surface area contributed by atoms with Gasteiger partial charge in [-0.15, -0.1) is 0 Å². The van der Waals surface area contributed by atoms with Gasteiger partial charge in [0.25, 0.3) is 0 Å². The summed E-state index contributed by atoms with van der Waals surface area (Å²) in [5.41, 5.74) is 6.61. The lowest BCUT2D eigenvalue weighted by Crippen LogP contribution is -2.21. The van der Waals surface area contributed by atoms with Gasteiger partial charge in [-0.05, 0) is 6.92 Å². The van der Waals surface area contributed by atoms with Gasteiger partial charge in [0, 0.05) is 26.7 Å². The molecule has 0 aliphatic heterocycles. The molecule has 0 saturated carbocycles. The predicted octanol–water partition coefficient (Wildman–Crippen LogP) is 0.327. The van der Waals surface area contributed by atoms with Crippen LogP contribution in [0.15, 0.2) is 11.4 Å². The predicted molar refractivity (Wildman–Crippen MR) is 41.3 cm³/mol. The lowest BCUT2D eigenvalue weighted by atomic mass is 10.2. The minimum atomic E-state index is 0.00463. The zero-order valence-corrected chi connectivity index (χ0v) is 6.93. The van der Waals surface area contributed by atoms with Crippen molar-refractivity contribution in [1.29, 1.82) is 0 Å². The first-order valence-corrected chi connectivity index (χ1v) is 3.11. The van der Waals surface area contributed by atoms with Gasteiger partial charge in [-0.2, -0.15) is 0 Å². The Morgan fingerprint density at radius 3 is 1.70 bits per heavy atom. The summed E-state index contributed by atoms with van der Waals surface area (Å²) in [4.78, 5) is 12.6. The van der Waals surface area contributed by atoms with Gasteiger partial charge < -0.3 is 10.6 Å². The third kappa shape index (κ3) is 2.09. The van der Waals surface area contributed by atoms with Crippen LogP contribution in [0.3, 0.4) is 0 Å². The molecule has 0 amide bonds. The Kier molecular flexibility index (Phi) is 2.93. The van der Waals surface area contributed by atoms with Crippen molar-refractivity contribution in [2.24, 2.45) is 5.73 Å². The Bertz CT molecular complexity index is 166. The average Bonchev–Trinajstić information content (AvgIpc) is 1.59. The van der Waals surface area contributed by atoms with Crippen molar-refractivity contribution in [1.82, 2.24) is 4.90 Å². The summed E-state index contributed by atoms with van der Waals surface area (Å²) in [7, 11) is 3.60. The van der Waals surface area contributed by atoms with Gasteiger partial charge in [-0.3, -0.25) is 4.79 Å². The van der Waals surface area contributed by atoms with E-state index in [4.69, 9.17) is 5.73 Å². The first kappa shape index (κ1) is 9.01. The number of Topliss-reactive ketones (excluding diaryl/α,β-unsaturated/α-hetero) is 1. The van der Waals surface area contributed by atoms with Crippen LogP contribution >= 0.6 is 0 Å². The molecule has 0 saturated heterocycles. The number of hydrogen-bond acceptors (Lipinski definition) is 3. The second-order valence-electron chi connectivity index (χ2n) is 2.48. The second-order valence-corrected chi connectivity index (χ2v) is 2.48. The van der Waals surface area contributed by atoms with E-state index in [-0.39, 0.29) is 5.78 Å². The molecule has 0 unspecified atom stereocenters. The minimum Gasteiger partial charge on any atom is -0.400 e. The summed E-state index contributed by atoms with van der Waals surface area (Å²) in [6.07, 6.45) is 0. The lowest BCUT2D eigenvalue weighted by Gasteiger charge is -2.15. The summed E-state index contributed by atoms with van der Waals surface area (Å²) in [5.74, 6) is 0.00463. The average molecular weight is 142 g/mol. The molecule has 0 radical (unpaired) electrons. The topological polar surface area (TPSA) is 46.3 Å². The SMILES string of the molecule is CC(=O)/C(=C(/C)N)N(C)C. The van der Waals surface area contributed by atoms with E-state index in [2.05, 4.69) is 0 Å². The molecular formula is C7H14N2O. The van der Waals surface area contributed by atoms with Crippen LogP contribution in [-0.4, -0.2) is 24.8 Å². The number of nitrogens with zero attached hydrogens (tertiary/aromatic N) is 1. The normalized spacial score (nSPS) is 12.4. The van der Waals surface area contributed by atoms with Gasteiger partial charge in [0.2, 0.25) is 0 Å². The highest BCUT2D eigenvalue weighted by molar-refractivity contribution is 5.93. The zero-order chi connectivity index (χ0) is 8.31. The van der Waals surface area contributed by atoms with Crippen molar-refractivity contribution in [3.63, 3.8) is 0 Å². The van der Waals surface area contributed by atoms with Gasteiger partial charge in [0.1, 0.15) is 0 Å². The van der Waals surface area contributed by atoms with E-state index in [9.17, 15) is 4.79 Å². The maximum atomic E-state index is 10.8. The molecule has 0 heterocycles. The number of carbonyl (C=O) groups excluding carboxylic acids is 1. The Morgan fingerprint density at radius 1 is 1.30 bits per heavy atom. The molecule has 2 N–H and O–H groups in total. The molecule has 0 fully saturated rings. The molecule has 3 nitrogen and oxygen atoms in total. The fourth-order valence-corrected chi connectivity index (χ4v) is 0.945. The minimum absolute atomic E-state index is 0.00463. The second kappa shape index (κ2) is 3.25. The zero-order valence-electron chi connectivity index (χ0n) is 6.93. The molecule has 3 heteroatoms. The molecule has 0 atom stereocenters. The van der Waals surface area contributed by atoms with Crippen molar-refractivity contribution in [2.75, 3.05) is 14.1 Å². The molecule has 0 aliphatic carbocycles. The molecule has 0 rings (SSSR count).